The van der Waals surface area contributed by atoms with Crippen LogP contribution in [0.25, 0.3) is 121 Å². The average Bonchev–Trinajstić information content (AvgIpc) is 4.09. The van der Waals surface area contributed by atoms with Crippen LogP contribution in [0, 0.1) is 0 Å². The first-order valence-electron chi connectivity index (χ1n) is 21.8. The summed E-state index contributed by atoms with van der Waals surface area (Å²) in [5.41, 5.74) is 12.6. The summed E-state index contributed by atoms with van der Waals surface area (Å²) in [4.78, 5) is 11.1. The predicted octanol–water partition coefficient (Wildman–Crippen LogP) is 14.5. The number of hydrogen-bond acceptors (Lipinski definition) is 2. The molecule has 0 spiro atoms. The monoisotopic (exact) mass is 816 g/mol. The van der Waals surface area contributed by atoms with Crippen LogP contribution in [0.15, 0.2) is 219 Å². The highest BCUT2D eigenvalue weighted by Crippen LogP contribution is 2.48. The number of rotatable bonds is 5. The van der Waals surface area contributed by atoms with Gasteiger partial charge in [0.05, 0.1) is 44.1 Å². The molecule has 0 saturated heterocycles. The molecule has 0 aliphatic carbocycles. The van der Waals surface area contributed by atoms with Crippen molar-refractivity contribution in [3.05, 3.63) is 219 Å². The summed E-state index contributed by atoms with van der Waals surface area (Å²) >= 11 is 0. The maximum atomic E-state index is 6.25. The Morgan fingerprint density at radius 2 is 0.531 bits per heavy atom. The van der Waals surface area contributed by atoms with E-state index in [-0.39, 0.29) is 0 Å². The lowest BCUT2D eigenvalue weighted by Crippen LogP contribution is -2.16. The molecule has 6 aromatic heterocycles. The van der Waals surface area contributed by atoms with Crippen molar-refractivity contribution in [3.63, 3.8) is 0 Å². The minimum Gasteiger partial charge on any atom is -0.305 e. The van der Waals surface area contributed by atoms with Gasteiger partial charge in [-0.15, -0.1) is 0 Å². The zero-order valence-corrected chi connectivity index (χ0v) is 34.5. The van der Waals surface area contributed by atoms with Gasteiger partial charge in [-0.2, -0.15) is 0 Å². The quantitative estimate of drug-likeness (QED) is 0.174. The van der Waals surface area contributed by atoms with E-state index in [1.165, 1.54) is 43.1 Å². The molecule has 0 aliphatic heterocycles. The smallest absolute Gasteiger partial charge is 0.165 e. The Hall–Kier alpha value is -8.74. The number of aromatic nitrogens is 6. The van der Waals surface area contributed by atoms with Crippen molar-refractivity contribution in [1.82, 2.24) is 28.2 Å². The molecule has 0 saturated carbocycles. The summed E-state index contributed by atoms with van der Waals surface area (Å²) in [5, 5.41) is 9.37. The number of fused-ring (bicyclic) bond motifs is 12. The van der Waals surface area contributed by atoms with E-state index in [9.17, 15) is 0 Å². The molecule has 0 aliphatic rings. The molecule has 298 valence electrons. The van der Waals surface area contributed by atoms with Crippen molar-refractivity contribution in [2.24, 2.45) is 0 Å². The van der Waals surface area contributed by atoms with Crippen LogP contribution in [0.1, 0.15) is 0 Å². The lowest BCUT2D eigenvalue weighted by molar-refractivity contribution is 0.960. The fourth-order valence-electron chi connectivity index (χ4n) is 10.7. The molecule has 64 heavy (non-hydrogen) atoms. The molecule has 0 fully saturated rings. The molecule has 6 heterocycles. The summed E-state index contributed by atoms with van der Waals surface area (Å²) in [5.74, 6) is 1.62. The van der Waals surface area contributed by atoms with E-state index in [2.05, 4.69) is 225 Å². The molecular formula is C58H36N6. The fourth-order valence-corrected chi connectivity index (χ4v) is 10.7. The van der Waals surface area contributed by atoms with Gasteiger partial charge in [0.15, 0.2) is 11.6 Å². The highest BCUT2D eigenvalue weighted by molar-refractivity contribution is 6.15. The molecule has 8 aromatic carbocycles. The molecular weight excluding hydrogens is 781 g/mol. The van der Waals surface area contributed by atoms with Gasteiger partial charge < -0.3 is 9.13 Å². The second kappa shape index (κ2) is 13.4. The first kappa shape index (κ1) is 34.9. The van der Waals surface area contributed by atoms with Gasteiger partial charge in [-0.1, -0.05) is 152 Å². The Morgan fingerprint density at radius 3 is 0.797 bits per heavy atom. The highest BCUT2D eigenvalue weighted by Gasteiger charge is 2.32. The van der Waals surface area contributed by atoms with Crippen LogP contribution >= 0.6 is 0 Å². The van der Waals surface area contributed by atoms with Gasteiger partial charge >= 0.3 is 0 Å². The molecule has 0 radical (unpaired) electrons. The number of nitrogens with zero attached hydrogens (tertiary/aromatic N) is 6. The zero-order chi connectivity index (χ0) is 41.9. The fraction of sp³-hybridized carbons (Fsp3) is 0. The Kier molecular flexibility index (Phi) is 7.30. The van der Waals surface area contributed by atoms with Gasteiger partial charge in [-0.25, -0.2) is 4.98 Å². The van der Waals surface area contributed by atoms with E-state index in [0.29, 0.717) is 0 Å². The summed E-state index contributed by atoms with van der Waals surface area (Å²) in [6, 6.07) is 74.4. The van der Waals surface area contributed by atoms with Gasteiger partial charge in [0.1, 0.15) is 11.4 Å². The van der Waals surface area contributed by atoms with Gasteiger partial charge in [-0.3, -0.25) is 14.1 Å². The van der Waals surface area contributed by atoms with E-state index in [1.807, 2.05) is 12.4 Å². The van der Waals surface area contributed by atoms with E-state index in [0.717, 1.165) is 78.3 Å². The minimum absolute atomic E-state index is 0.809. The van der Waals surface area contributed by atoms with E-state index in [4.69, 9.17) is 9.97 Å². The first-order valence-corrected chi connectivity index (χ1v) is 21.8. The van der Waals surface area contributed by atoms with Crippen LogP contribution in [0.3, 0.4) is 0 Å². The molecule has 14 rings (SSSR count). The Labute approximate surface area is 366 Å². The molecule has 6 nitrogen and oxygen atoms in total. The minimum atomic E-state index is 0.809. The summed E-state index contributed by atoms with van der Waals surface area (Å²) in [6.45, 7) is 0. The maximum absolute atomic E-state index is 6.25. The summed E-state index contributed by atoms with van der Waals surface area (Å²) < 4.78 is 9.73. The number of pyridine rings is 2. The second-order valence-electron chi connectivity index (χ2n) is 16.6. The van der Waals surface area contributed by atoms with Crippen LogP contribution in [0.4, 0.5) is 0 Å². The van der Waals surface area contributed by atoms with Crippen molar-refractivity contribution in [2.45, 2.75) is 0 Å². The SMILES string of the molecule is c1cncc(-c2c(-n3c4ccccc4c4ccccc43)c(-n3c4ccccc4c4ccccc43)nc(-n3c4ccccc4c4ccccc43)c2-n2c3ccccc3c3ccccc32)c1. The number of hydrogen-bond donors (Lipinski definition) is 0. The Morgan fingerprint density at radius 1 is 0.266 bits per heavy atom. The van der Waals surface area contributed by atoms with Gasteiger partial charge in [0, 0.05) is 66.6 Å². The molecule has 6 heteroatoms. The van der Waals surface area contributed by atoms with Crippen molar-refractivity contribution < 1.29 is 0 Å². The summed E-state index contributed by atoms with van der Waals surface area (Å²) in [6.07, 6.45) is 3.89. The first-order chi connectivity index (χ1) is 31.8. The molecule has 0 unspecified atom stereocenters. The van der Waals surface area contributed by atoms with Crippen LogP contribution in [-0.2, 0) is 0 Å². The molecule has 14 aromatic rings. The third-order valence-corrected chi connectivity index (χ3v) is 13.3. The average molecular weight is 817 g/mol. The van der Waals surface area contributed by atoms with Crippen LogP contribution in [-0.4, -0.2) is 28.2 Å². The maximum Gasteiger partial charge on any atom is 0.165 e. The van der Waals surface area contributed by atoms with Gasteiger partial charge in [0.25, 0.3) is 0 Å². The summed E-state index contributed by atoms with van der Waals surface area (Å²) in [7, 11) is 0. The Balaban J connectivity index is 1.33. The van der Waals surface area contributed by atoms with Crippen LogP contribution in [0.5, 0.6) is 0 Å². The standard InChI is InChI=1S/C58H36N6/c1-9-27-46-38(19-1)39-20-2-10-28-47(39)61(46)55-54(37-18-17-35-59-36-37)56(62-48-29-11-3-21-40(48)41-22-4-12-30-49(41)62)58(64-52-33-15-7-25-44(52)45-26-8-16-34-53(45)64)60-57(55)63-50-31-13-5-23-42(50)43-24-6-14-32-51(43)63/h1-36H. The van der Waals surface area contributed by atoms with Gasteiger partial charge in [0.2, 0.25) is 0 Å². The highest BCUT2D eigenvalue weighted by atomic mass is 15.2. The third kappa shape index (κ3) is 4.74. The Bertz CT molecular complexity index is 3740. The lowest BCUT2D eigenvalue weighted by atomic mass is 10.0. The topological polar surface area (TPSA) is 45.5 Å². The van der Waals surface area contributed by atoms with E-state index >= 15 is 0 Å². The van der Waals surface area contributed by atoms with Crippen LogP contribution < -0.4 is 0 Å². The van der Waals surface area contributed by atoms with Crippen molar-refractivity contribution in [2.75, 3.05) is 0 Å². The lowest BCUT2D eigenvalue weighted by Gasteiger charge is -2.26. The second-order valence-corrected chi connectivity index (χ2v) is 16.6. The van der Waals surface area contributed by atoms with Crippen LogP contribution in [0.2, 0.25) is 0 Å². The third-order valence-electron chi connectivity index (χ3n) is 13.3. The predicted molar refractivity (Wildman–Crippen MR) is 265 cm³/mol. The molecule has 0 atom stereocenters. The molecule has 0 amide bonds. The zero-order valence-electron chi connectivity index (χ0n) is 34.5. The number of benzene rings is 8. The van der Waals surface area contributed by atoms with Gasteiger partial charge in [-0.05, 0) is 54.6 Å². The molecule has 0 bridgehead atoms. The van der Waals surface area contributed by atoms with Crippen molar-refractivity contribution >= 4 is 87.2 Å². The van der Waals surface area contributed by atoms with Crippen molar-refractivity contribution in [3.8, 4) is 34.1 Å². The van der Waals surface area contributed by atoms with E-state index < -0.39 is 0 Å². The van der Waals surface area contributed by atoms with Crippen molar-refractivity contribution in [1.29, 1.82) is 0 Å². The molecule has 0 N–H and O–H groups in total. The normalized spacial score (nSPS) is 12.1. The number of para-hydroxylation sites is 8. The van der Waals surface area contributed by atoms with E-state index in [1.54, 1.807) is 0 Å². The largest absolute Gasteiger partial charge is 0.305 e.